The average molecular weight is 260 g/mol. The Kier molecular flexibility index (Phi) is 3.85. The molecule has 0 amide bonds. The summed E-state index contributed by atoms with van der Waals surface area (Å²) in [6, 6.07) is 1.98. The minimum atomic E-state index is -0.403. The summed E-state index contributed by atoms with van der Waals surface area (Å²) in [6.45, 7) is 4.06. The van der Waals surface area contributed by atoms with E-state index in [1.54, 1.807) is 26.5 Å². The van der Waals surface area contributed by atoms with E-state index in [4.69, 9.17) is 9.47 Å². The molecular formula is C14H16N2O3. The van der Waals surface area contributed by atoms with Crippen LogP contribution in [0.3, 0.4) is 0 Å². The van der Waals surface area contributed by atoms with Crippen LogP contribution in [-0.4, -0.2) is 29.1 Å². The first-order valence-corrected chi connectivity index (χ1v) is 6.01. The molecule has 0 atom stereocenters. The Morgan fingerprint density at radius 1 is 1.47 bits per heavy atom. The zero-order valence-electron chi connectivity index (χ0n) is 11.2. The molecule has 5 nitrogen and oxygen atoms in total. The van der Waals surface area contributed by atoms with E-state index in [0.717, 1.165) is 16.8 Å². The Morgan fingerprint density at radius 3 is 2.95 bits per heavy atom. The smallest absolute Gasteiger partial charge is 0.358 e. The van der Waals surface area contributed by atoms with E-state index in [-0.39, 0.29) is 0 Å². The van der Waals surface area contributed by atoms with Crippen molar-refractivity contribution >= 4 is 17.7 Å². The highest BCUT2D eigenvalue weighted by molar-refractivity contribution is 5.88. The van der Waals surface area contributed by atoms with E-state index < -0.39 is 5.97 Å². The maximum absolute atomic E-state index is 11.7. The normalized spacial score (nSPS) is 11.1. The van der Waals surface area contributed by atoms with Gasteiger partial charge in [-0.05, 0) is 37.1 Å². The first-order chi connectivity index (χ1) is 9.15. The minimum Gasteiger partial charge on any atom is -0.504 e. The molecule has 0 aliphatic carbocycles. The summed E-state index contributed by atoms with van der Waals surface area (Å²) >= 11 is 0. The van der Waals surface area contributed by atoms with E-state index in [1.165, 1.54) is 0 Å². The van der Waals surface area contributed by atoms with Crippen molar-refractivity contribution in [2.45, 2.75) is 13.8 Å². The molecule has 2 aromatic heterocycles. The Hall–Kier alpha value is -2.30. The molecule has 0 fully saturated rings. The standard InChI is InChI=1S/C14H16N2O3/c1-4-19-14(17)12-9-16-8-11(5-6-18-3)7-10(2)13(16)15-12/h5-9H,4H2,1-3H3. The van der Waals surface area contributed by atoms with Gasteiger partial charge in [-0.2, -0.15) is 0 Å². The van der Waals surface area contributed by atoms with Crippen LogP contribution in [-0.2, 0) is 9.47 Å². The lowest BCUT2D eigenvalue weighted by atomic mass is 10.2. The second-order valence-corrected chi connectivity index (χ2v) is 4.07. The number of carbonyl (C=O) groups excluding carboxylic acids is 1. The highest BCUT2D eigenvalue weighted by atomic mass is 16.5. The SMILES string of the molecule is CCOC(=O)c1cn2cc(C=COC)cc(C)c2n1. The molecular weight excluding hydrogens is 244 g/mol. The molecule has 0 radical (unpaired) electrons. The number of esters is 1. The summed E-state index contributed by atoms with van der Waals surface area (Å²) in [6.07, 6.45) is 7.00. The minimum absolute atomic E-state index is 0.317. The largest absolute Gasteiger partial charge is 0.504 e. The monoisotopic (exact) mass is 260 g/mol. The van der Waals surface area contributed by atoms with Crippen LogP contribution in [0.15, 0.2) is 24.7 Å². The summed E-state index contributed by atoms with van der Waals surface area (Å²) in [4.78, 5) is 15.9. The van der Waals surface area contributed by atoms with Crippen LogP contribution in [0.25, 0.3) is 11.7 Å². The van der Waals surface area contributed by atoms with Gasteiger partial charge in [-0.1, -0.05) is 0 Å². The van der Waals surface area contributed by atoms with Crippen LogP contribution in [0.1, 0.15) is 28.5 Å². The summed E-state index contributed by atoms with van der Waals surface area (Å²) < 4.78 is 11.7. The van der Waals surface area contributed by atoms with Gasteiger partial charge in [0.1, 0.15) is 5.65 Å². The number of hydrogen-bond donors (Lipinski definition) is 0. The topological polar surface area (TPSA) is 52.8 Å². The van der Waals surface area contributed by atoms with Crippen molar-refractivity contribution in [3.8, 4) is 0 Å². The predicted octanol–water partition coefficient (Wildman–Crippen LogP) is 2.44. The number of aryl methyl sites for hydroxylation is 1. The van der Waals surface area contributed by atoms with E-state index in [1.807, 2.05) is 29.7 Å². The third kappa shape index (κ3) is 2.76. The zero-order valence-corrected chi connectivity index (χ0v) is 11.2. The van der Waals surface area contributed by atoms with Gasteiger partial charge < -0.3 is 13.9 Å². The molecule has 5 heteroatoms. The Morgan fingerprint density at radius 2 is 2.26 bits per heavy atom. The average Bonchev–Trinajstić information content (AvgIpc) is 2.81. The van der Waals surface area contributed by atoms with Crippen molar-refractivity contribution in [3.63, 3.8) is 0 Å². The van der Waals surface area contributed by atoms with Crippen LogP contribution < -0.4 is 0 Å². The van der Waals surface area contributed by atoms with E-state index in [2.05, 4.69) is 4.98 Å². The molecule has 100 valence electrons. The second kappa shape index (κ2) is 5.56. The Balaban J connectivity index is 2.44. The molecule has 0 aromatic carbocycles. The molecule has 0 saturated heterocycles. The van der Waals surface area contributed by atoms with Crippen molar-refractivity contribution in [1.82, 2.24) is 9.38 Å². The number of fused-ring (bicyclic) bond motifs is 1. The van der Waals surface area contributed by atoms with Gasteiger partial charge in [0.2, 0.25) is 0 Å². The maximum atomic E-state index is 11.7. The summed E-state index contributed by atoms with van der Waals surface area (Å²) in [5.41, 5.74) is 3.02. The molecule has 0 aliphatic heterocycles. The number of carbonyl (C=O) groups is 1. The van der Waals surface area contributed by atoms with Gasteiger partial charge in [0.25, 0.3) is 0 Å². The number of rotatable bonds is 4. The van der Waals surface area contributed by atoms with Gasteiger partial charge in [0.15, 0.2) is 5.69 Å². The quantitative estimate of drug-likeness (QED) is 0.626. The number of nitrogens with zero attached hydrogens (tertiary/aromatic N) is 2. The van der Waals surface area contributed by atoms with Crippen molar-refractivity contribution in [1.29, 1.82) is 0 Å². The lowest BCUT2D eigenvalue weighted by Crippen LogP contribution is -2.04. The molecule has 2 rings (SSSR count). The van der Waals surface area contributed by atoms with Crippen LogP contribution >= 0.6 is 0 Å². The van der Waals surface area contributed by atoms with Gasteiger partial charge in [-0.3, -0.25) is 0 Å². The molecule has 2 heterocycles. The molecule has 0 aliphatic rings. The third-order valence-electron chi connectivity index (χ3n) is 2.64. The van der Waals surface area contributed by atoms with Crippen LogP contribution in [0.2, 0.25) is 0 Å². The molecule has 0 saturated carbocycles. The predicted molar refractivity (Wildman–Crippen MR) is 71.9 cm³/mol. The first-order valence-electron chi connectivity index (χ1n) is 6.01. The molecule has 0 spiro atoms. The van der Waals surface area contributed by atoms with Gasteiger partial charge in [-0.15, -0.1) is 0 Å². The number of methoxy groups -OCH3 is 1. The van der Waals surface area contributed by atoms with Crippen LogP contribution in [0.4, 0.5) is 0 Å². The number of aromatic nitrogens is 2. The Labute approximate surface area is 111 Å². The van der Waals surface area contributed by atoms with Gasteiger partial charge >= 0.3 is 5.97 Å². The van der Waals surface area contributed by atoms with Crippen molar-refractivity contribution in [2.75, 3.05) is 13.7 Å². The molecule has 0 bridgehead atoms. The van der Waals surface area contributed by atoms with Crippen molar-refractivity contribution < 1.29 is 14.3 Å². The van der Waals surface area contributed by atoms with E-state index >= 15 is 0 Å². The highest BCUT2D eigenvalue weighted by Gasteiger charge is 2.12. The number of pyridine rings is 1. The zero-order chi connectivity index (χ0) is 13.8. The number of ether oxygens (including phenoxy) is 2. The third-order valence-corrected chi connectivity index (χ3v) is 2.64. The second-order valence-electron chi connectivity index (χ2n) is 4.07. The molecule has 0 N–H and O–H groups in total. The fraction of sp³-hybridized carbons (Fsp3) is 0.286. The summed E-state index contributed by atoms with van der Waals surface area (Å²) in [7, 11) is 1.60. The van der Waals surface area contributed by atoms with Crippen molar-refractivity contribution in [3.05, 3.63) is 41.5 Å². The van der Waals surface area contributed by atoms with E-state index in [0.29, 0.717) is 12.3 Å². The summed E-state index contributed by atoms with van der Waals surface area (Å²) in [5, 5.41) is 0. The van der Waals surface area contributed by atoms with Crippen LogP contribution in [0, 0.1) is 6.92 Å². The highest BCUT2D eigenvalue weighted by Crippen LogP contribution is 2.15. The fourth-order valence-corrected chi connectivity index (χ4v) is 1.84. The molecule has 2 aromatic rings. The fourth-order valence-electron chi connectivity index (χ4n) is 1.84. The lowest BCUT2D eigenvalue weighted by Gasteiger charge is -2.00. The maximum Gasteiger partial charge on any atom is 0.358 e. The van der Waals surface area contributed by atoms with Crippen molar-refractivity contribution in [2.24, 2.45) is 0 Å². The number of imidazole rings is 1. The summed E-state index contributed by atoms with van der Waals surface area (Å²) in [5.74, 6) is -0.403. The van der Waals surface area contributed by atoms with E-state index in [9.17, 15) is 4.79 Å². The van der Waals surface area contributed by atoms with Gasteiger partial charge in [0.05, 0.1) is 20.0 Å². The molecule has 0 unspecified atom stereocenters. The Bertz CT molecular complexity index is 629. The number of hydrogen-bond acceptors (Lipinski definition) is 4. The lowest BCUT2D eigenvalue weighted by molar-refractivity contribution is 0.0520. The van der Waals surface area contributed by atoms with Gasteiger partial charge in [-0.25, -0.2) is 9.78 Å². The molecule has 19 heavy (non-hydrogen) atoms. The van der Waals surface area contributed by atoms with Gasteiger partial charge in [0, 0.05) is 12.4 Å². The first kappa shape index (κ1) is 13.1. The van der Waals surface area contributed by atoms with Crippen LogP contribution in [0.5, 0.6) is 0 Å².